The maximum atomic E-state index is 12.3. The number of carbonyl (C=O) groups is 2. The number of nitrogens with one attached hydrogen (secondary N) is 1. The van der Waals surface area contributed by atoms with Crippen LogP contribution in [0.3, 0.4) is 0 Å². The van der Waals surface area contributed by atoms with E-state index in [0.29, 0.717) is 12.0 Å². The number of hydrogen-bond acceptors (Lipinski definition) is 4. The van der Waals surface area contributed by atoms with Crippen LogP contribution >= 0.6 is 0 Å². The number of ether oxygens (including phenoxy) is 1. The van der Waals surface area contributed by atoms with Gasteiger partial charge in [0.15, 0.2) is 6.10 Å². The summed E-state index contributed by atoms with van der Waals surface area (Å²) in [5.74, 6) is -0.731. The Kier molecular flexibility index (Phi) is 3.87. The van der Waals surface area contributed by atoms with Crippen LogP contribution in [0.5, 0.6) is 0 Å². The highest BCUT2D eigenvalue weighted by Crippen LogP contribution is 2.21. The van der Waals surface area contributed by atoms with Crippen LogP contribution in [0.2, 0.25) is 0 Å². The molecule has 1 aliphatic rings. The largest absolute Gasteiger partial charge is 0.448 e. The third kappa shape index (κ3) is 2.83. The molecule has 2 heterocycles. The molecule has 0 spiro atoms. The number of pyridine rings is 1. The quantitative estimate of drug-likeness (QED) is 0.880. The number of amides is 1. The highest BCUT2D eigenvalue weighted by molar-refractivity contribution is 5.95. The summed E-state index contributed by atoms with van der Waals surface area (Å²) in [7, 11) is 0. The number of fused-ring (bicyclic) bond motifs is 1. The Labute approximate surface area is 128 Å². The van der Waals surface area contributed by atoms with Crippen LogP contribution in [-0.4, -0.2) is 23.0 Å². The number of nitrogens with zero attached hydrogens (tertiary/aromatic N) is 1. The van der Waals surface area contributed by atoms with Gasteiger partial charge in [-0.1, -0.05) is 18.2 Å². The summed E-state index contributed by atoms with van der Waals surface area (Å²) >= 11 is 0. The standard InChI is InChI=1S/C17H16N2O3/c1-11(12-6-8-18-9-7-12)19-16(20)15-10-13-4-2-3-5-14(13)17(21)22-15/h2-9,11,15H,10H2,1H3,(H,19,20)/t11-,15-/m0/s1. The molecule has 0 saturated carbocycles. The van der Waals surface area contributed by atoms with Gasteiger partial charge in [-0.2, -0.15) is 0 Å². The molecule has 1 aromatic carbocycles. The van der Waals surface area contributed by atoms with Crippen LogP contribution in [0, 0.1) is 0 Å². The van der Waals surface area contributed by atoms with E-state index in [1.807, 2.05) is 31.2 Å². The van der Waals surface area contributed by atoms with Gasteiger partial charge in [-0.25, -0.2) is 4.79 Å². The van der Waals surface area contributed by atoms with Gasteiger partial charge >= 0.3 is 5.97 Å². The highest BCUT2D eigenvalue weighted by atomic mass is 16.5. The number of aromatic nitrogens is 1. The van der Waals surface area contributed by atoms with E-state index in [-0.39, 0.29) is 11.9 Å². The van der Waals surface area contributed by atoms with Gasteiger partial charge < -0.3 is 10.1 Å². The molecule has 0 radical (unpaired) electrons. The van der Waals surface area contributed by atoms with E-state index < -0.39 is 12.1 Å². The van der Waals surface area contributed by atoms with Crippen molar-refractivity contribution in [2.45, 2.75) is 25.5 Å². The molecule has 2 atom stereocenters. The minimum Gasteiger partial charge on any atom is -0.448 e. The second kappa shape index (κ2) is 5.97. The van der Waals surface area contributed by atoms with Crippen molar-refractivity contribution in [2.24, 2.45) is 0 Å². The fourth-order valence-corrected chi connectivity index (χ4v) is 2.52. The smallest absolute Gasteiger partial charge is 0.339 e. The lowest BCUT2D eigenvalue weighted by atomic mass is 9.98. The topological polar surface area (TPSA) is 68.3 Å². The molecule has 1 N–H and O–H groups in total. The fraction of sp³-hybridized carbons (Fsp3) is 0.235. The maximum absolute atomic E-state index is 12.3. The minimum atomic E-state index is -0.785. The van der Waals surface area contributed by atoms with E-state index >= 15 is 0 Å². The molecule has 0 aliphatic carbocycles. The van der Waals surface area contributed by atoms with Gasteiger partial charge in [-0.15, -0.1) is 0 Å². The molecule has 0 saturated heterocycles. The Morgan fingerprint density at radius 3 is 2.77 bits per heavy atom. The molecule has 112 valence electrons. The molecular weight excluding hydrogens is 280 g/mol. The summed E-state index contributed by atoms with van der Waals surface area (Å²) in [6.07, 6.45) is 2.97. The normalized spacial score (nSPS) is 18.0. The maximum Gasteiger partial charge on any atom is 0.339 e. The zero-order chi connectivity index (χ0) is 15.5. The molecule has 1 aromatic heterocycles. The van der Waals surface area contributed by atoms with E-state index in [9.17, 15) is 9.59 Å². The van der Waals surface area contributed by atoms with E-state index in [1.54, 1.807) is 24.5 Å². The van der Waals surface area contributed by atoms with Crippen molar-refractivity contribution >= 4 is 11.9 Å². The predicted molar refractivity (Wildman–Crippen MR) is 80.1 cm³/mol. The summed E-state index contributed by atoms with van der Waals surface area (Å²) in [6, 6.07) is 10.7. The summed E-state index contributed by atoms with van der Waals surface area (Å²) in [5, 5.41) is 2.87. The lowest BCUT2D eigenvalue weighted by molar-refractivity contribution is -0.131. The fourth-order valence-electron chi connectivity index (χ4n) is 2.52. The Morgan fingerprint density at radius 2 is 2.00 bits per heavy atom. The molecule has 5 heteroatoms. The lowest BCUT2D eigenvalue weighted by Crippen LogP contribution is -2.42. The summed E-state index contributed by atoms with van der Waals surface area (Å²) in [4.78, 5) is 28.2. The molecule has 0 fully saturated rings. The lowest BCUT2D eigenvalue weighted by Gasteiger charge is -2.25. The Hall–Kier alpha value is -2.69. The van der Waals surface area contributed by atoms with Crippen molar-refractivity contribution < 1.29 is 14.3 Å². The second-order valence-corrected chi connectivity index (χ2v) is 5.27. The average Bonchev–Trinajstić information content (AvgIpc) is 2.55. The first kappa shape index (κ1) is 14.3. The number of benzene rings is 1. The molecular formula is C17H16N2O3. The first-order valence-electron chi connectivity index (χ1n) is 7.14. The van der Waals surface area contributed by atoms with Gasteiger partial charge in [0.1, 0.15) is 0 Å². The molecule has 0 unspecified atom stereocenters. The monoisotopic (exact) mass is 296 g/mol. The number of rotatable bonds is 3. The molecule has 5 nitrogen and oxygen atoms in total. The van der Waals surface area contributed by atoms with Crippen LogP contribution in [0.4, 0.5) is 0 Å². The van der Waals surface area contributed by atoms with Crippen molar-refractivity contribution in [3.63, 3.8) is 0 Å². The van der Waals surface area contributed by atoms with Gasteiger partial charge in [0.25, 0.3) is 5.91 Å². The number of carbonyl (C=O) groups excluding carboxylic acids is 2. The van der Waals surface area contributed by atoms with E-state index in [1.165, 1.54) is 0 Å². The zero-order valence-corrected chi connectivity index (χ0v) is 12.2. The van der Waals surface area contributed by atoms with Crippen molar-refractivity contribution in [1.29, 1.82) is 0 Å². The van der Waals surface area contributed by atoms with Crippen LogP contribution in [0.1, 0.15) is 34.5 Å². The van der Waals surface area contributed by atoms with Crippen LogP contribution in [-0.2, 0) is 16.0 Å². The Bertz CT molecular complexity index is 700. The first-order valence-corrected chi connectivity index (χ1v) is 7.14. The minimum absolute atomic E-state index is 0.175. The van der Waals surface area contributed by atoms with Gasteiger partial charge in [0.2, 0.25) is 0 Å². The van der Waals surface area contributed by atoms with Crippen molar-refractivity contribution in [2.75, 3.05) is 0 Å². The first-order chi connectivity index (χ1) is 10.6. The van der Waals surface area contributed by atoms with Crippen LogP contribution in [0.15, 0.2) is 48.8 Å². The molecule has 22 heavy (non-hydrogen) atoms. The molecule has 3 rings (SSSR count). The summed E-state index contributed by atoms with van der Waals surface area (Å²) < 4.78 is 5.25. The molecule has 0 bridgehead atoms. The van der Waals surface area contributed by atoms with Gasteiger partial charge in [0, 0.05) is 18.8 Å². The molecule has 1 amide bonds. The van der Waals surface area contributed by atoms with Crippen LogP contribution < -0.4 is 5.32 Å². The van der Waals surface area contributed by atoms with Crippen molar-refractivity contribution in [3.8, 4) is 0 Å². The van der Waals surface area contributed by atoms with Gasteiger partial charge in [0.05, 0.1) is 11.6 Å². The highest BCUT2D eigenvalue weighted by Gasteiger charge is 2.31. The number of cyclic esters (lactones) is 1. The van der Waals surface area contributed by atoms with E-state index in [4.69, 9.17) is 4.74 Å². The van der Waals surface area contributed by atoms with E-state index in [0.717, 1.165) is 11.1 Å². The molecule has 2 aromatic rings. The van der Waals surface area contributed by atoms with Crippen molar-refractivity contribution in [1.82, 2.24) is 10.3 Å². The third-order valence-electron chi connectivity index (χ3n) is 3.75. The number of hydrogen-bond donors (Lipinski definition) is 1. The Balaban J connectivity index is 1.70. The second-order valence-electron chi connectivity index (χ2n) is 5.27. The predicted octanol–water partition coefficient (Wildman–Crippen LogP) is 2.04. The third-order valence-corrected chi connectivity index (χ3v) is 3.75. The van der Waals surface area contributed by atoms with Gasteiger partial charge in [-0.05, 0) is 36.2 Å². The van der Waals surface area contributed by atoms with Crippen LogP contribution in [0.25, 0.3) is 0 Å². The Morgan fingerprint density at radius 1 is 1.27 bits per heavy atom. The average molecular weight is 296 g/mol. The zero-order valence-electron chi connectivity index (χ0n) is 12.2. The summed E-state index contributed by atoms with van der Waals surface area (Å²) in [6.45, 7) is 1.88. The number of esters is 1. The van der Waals surface area contributed by atoms with Crippen molar-refractivity contribution in [3.05, 3.63) is 65.5 Å². The van der Waals surface area contributed by atoms with Gasteiger partial charge in [-0.3, -0.25) is 9.78 Å². The van der Waals surface area contributed by atoms with E-state index in [2.05, 4.69) is 10.3 Å². The SMILES string of the molecule is C[C@H](NC(=O)[C@@H]1Cc2ccccc2C(=O)O1)c1ccncc1. The summed E-state index contributed by atoms with van der Waals surface area (Å²) in [5.41, 5.74) is 2.33. The molecule has 1 aliphatic heterocycles.